The zero-order chi connectivity index (χ0) is 17.5. The Balaban J connectivity index is 1.95. The number of nitrogens with one attached hydrogen (secondary N) is 1. The molecule has 2 aromatic carbocycles. The van der Waals surface area contributed by atoms with Gasteiger partial charge in [0.05, 0.1) is 4.92 Å². The lowest BCUT2D eigenvalue weighted by atomic mass is 10.2. The molecular weight excluding hydrogens is 336 g/mol. The Kier molecular flexibility index (Phi) is 5.86. The Morgan fingerprint density at radius 1 is 1.29 bits per heavy atom. The first-order valence-electron chi connectivity index (χ1n) is 6.88. The highest BCUT2D eigenvalue weighted by molar-refractivity contribution is 6.31. The van der Waals surface area contributed by atoms with Crippen molar-refractivity contribution in [1.29, 1.82) is 0 Å². The van der Waals surface area contributed by atoms with E-state index < -0.39 is 17.4 Å². The van der Waals surface area contributed by atoms with E-state index in [2.05, 4.69) is 5.32 Å². The lowest BCUT2D eigenvalue weighted by molar-refractivity contribution is -0.385. The molecule has 0 atom stereocenters. The van der Waals surface area contributed by atoms with Crippen LogP contribution in [0.25, 0.3) is 0 Å². The monoisotopic (exact) mass is 348 g/mol. The maximum Gasteiger partial charge on any atom is 0.311 e. The molecule has 1 N–H and O–H groups in total. The molecule has 0 aliphatic rings. The number of hydrogen-bond acceptors (Lipinski definition) is 5. The van der Waals surface area contributed by atoms with E-state index in [-0.39, 0.29) is 23.5 Å². The number of halogens is 1. The predicted molar refractivity (Wildman–Crippen MR) is 87.3 cm³/mol. The molecule has 2 aromatic rings. The second-order valence-electron chi connectivity index (χ2n) is 4.76. The zero-order valence-corrected chi connectivity index (χ0v) is 13.2. The van der Waals surface area contributed by atoms with E-state index in [1.54, 1.807) is 24.3 Å². The summed E-state index contributed by atoms with van der Waals surface area (Å²) < 4.78 is 5.18. The van der Waals surface area contributed by atoms with E-state index in [9.17, 15) is 19.7 Å². The molecule has 1 amide bonds. The van der Waals surface area contributed by atoms with Crippen LogP contribution in [-0.4, -0.2) is 23.7 Å². The third-order valence-corrected chi connectivity index (χ3v) is 3.48. The smallest absolute Gasteiger partial charge is 0.311 e. The van der Waals surface area contributed by atoms with Crippen molar-refractivity contribution in [2.75, 3.05) is 6.61 Å². The Morgan fingerprint density at radius 3 is 2.71 bits per heavy atom. The molecule has 7 nitrogen and oxygen atoms in total. The number of rotatable bonds is 7. The van der Waals surface area contributed by atoms with Crippen LogP contribution < -0.4 is 10.1 Å². The van der Waals surface area contributed by atoms with Gasteiger partial charge in [0.1, 0.15) is 6.29 Å². The minimum atomic E-state index is -0.677. The van der Waals surface area contributed by atoms with Crippen LogP contribution in [0.2, 0.25) is 5.02 Å². The van der Waals surface area contributed by atoms with Crippen molar-refractivity contribution in [3.05, 3.63) is 68.7 Å². The van der Waals surface area contributed by atoms with Gasteiger partial charge in [-0.3, -0.25) is 19.7 Å². The van der Waals surface area contributed by atoms with Crippen molar-refractivity contribution in [2.24, 2.45) is 0 Å². The first kappa shape index (κ1) is 17.4. The summed E-state index contributed by atoms with van der Waals surface area (Å²) >= 11 is 5.98. The van der Waals surface area contributed by atoms with Crippen LogP contribution in [0, 0.1) is 10.1 Å². The third kappa shape index (κ3) is 4.53. The summed E-state index contributed by atoms with van der Waals surface area (Å²) in [6.07, 6.45) is 0.493. The Morgan fingerprint density at radius 2 is 2.04 bits per heavy atom. The summed E-state index contributed by atoms with van der Waals surface area (Å²) in [5.74, 6) is -0.540. The highest BCUT2D eigenvalue weighted by Crippen LogP contribution is 2.27. The van der Waals surface area contributed by atoms with Gasteiger partial charge >= 0.3 is 5.69 Å². The van der Waals surface area contributed by atoms with Crippen LogP contribution in [0.15, 0.2) is 42.5 Å². The van der Waals surface area contributed by atoms with Gasteiger partial charge in [0.25, 0.3) is 5.91 Å². The fourth-order valence-electron chi connectivity index (χ4n) is 1.90. The Bertz CT molecular complexity index is 779. The molecule has 0 spiro atoms. The van der Waals surface area contributed by atoms with Crippen LogP contribution >= 0.6 is 11.6 Å². The van der Waals surface area contributed by atoms with Gasteiger partial charge in [-0.05, 0) is 23.8 Å². The molecule has 0 bridgehead atoms. The molecule has 0 aliphatic heterocycles. The summed E-state index contributed by atoms with van der Waals surface area (Å²) in [6, 6.07) is 10.8. The summed E-state index contributed by atoms with van der Waals surface area (Å²) in [5, 5.41) is 14.1. The second-order valence-corrected chi connectivity index (χ2v) is 5.17. The number of hydrogen-bond donors (Lipinski definition) is 1. The average Bonchev–Trinajstić information content (AvgIpc) is 2.59. The minimum Gasteiger partial charge on any atom is -0.477 e. The van der Waals surface area contributed by atoms with Gasteiger partial charge in [-0.2, -0.15) is 0 Å². The molecule has 0 heterocycles. The Labute approximate surface area is 142 Å². The molecule has 0 fully saturated rings. The lowest BCUT2D eigenvalue weighted by Crippen LogP contribution is -2.28. The van der Waals surface area contributed by atoms with E-state index >= 15 is 0 Å². The number of nitro groups is 1. The van der Waals surface area contributed by atoms with E-state index in [0.29, 0.717) is 11.3 Å². The van der Waals surface area contributed by atoms with Crippen LogP contribution in [-0.2, 0) is 11.3 Å². The molecule has 0 radical (unpaired) electrons. The van der Waals surface area contributed by atoms with Crippen molar-refractivity contribution < 1.29 is 19.2 Å². The third-order valence-electron chi connectivity index (χ3n) is 3.11. The van der Waals surface area contributed by atoms with Gasteiger partial charge in [-0.1, -0.05) is 29.8 Å². The summed E-state index contributed by atoms with van der Waals surface area (Å²) in [6.45, 7) is -0.181. The maximum absolute atomic E-state index is 11.8. The van der Waals surface area contributed by atoms with Crippen molar-refractivity contribution in [1.82, 2.24) is 5.32 Å². The van der Waals surface area contributed by atoms with Crippen LogP contribution in [0.1, 0.15) is 15.9 Å². The molecule has 8 heteroatoms. The van der Waals surface area contributed by atoms with Crippen molar-refractivity contribution >= 4 is 29.5 Å². The van der Waals surface area contributed by atoms with Gasteiger partial charge in [0.2, 0.25) is 0 Å². The van der Waals surface area contributed by atoms with E-state index in [1.807, 2.05) is 0 Å². The first-order chi connectivity index (χ1) is 11.5. The molecule has 0 aliphatic carbocycles. The maximum atomic E-state index is 11.8. The van der Waals surface area contributed by atoms with Gasteiger partial charge in [0.15, 0.2) is 12.4 Å². The fraction of sp³-hybridized carbons (Fsp3) is 0.125. The van der Waals surface area contributed by atoms with Crippen molar-refractivity contribution in [3.8, 4) is 5.75 Å². The summed E-state index contributed by atoms with van der Waals surface area (Å²) in [5.41, 5.74) is 0.518. The number of nitrogens with zero attached hydrogens (tertiary/aromatic N) is 1. The van der Waals surface area contributed by atoms with E-state index in [0.717, 1.165) is 11.6 Å². The second kappa shape index (κ2) is 8.07. The average molecular weight is 349 g/mol. The zero-order valence-electron chi connectivity index (χ0n) is 12.4. The molecule has 0 saturated heterocycles. The highest BCUT2D eigenvalue weighted by atomic mass is 35.5. The molecule has 2 rings (SSSR count). The van der Waals surface area contributed by atoms with Crippen LogP contribution in [0.5, 0.6) is 5.75 Å². The normalized spacial score (nSPS) is 10.0. The standard InChI is InChI=1S/C16H13ClN2O5/c17-13-4-2-1-3-12(13)8-18-16(21)10-24-15-6-5-11(9-20)7-14(15)19(22)23/h1-7,9H,8,10H2,(H,18,21). The number of benzene rings is 2. The van der Waals surface area contributed by atoms with Gasteiger partial charge in [0, 0.05) is 23.2 Å². The topological polar surface area (TPSA) is 98.5 Å². The fourth-order valence-corrected chi connectivity index (χ4v) is 2.10. The molecule has 0 saturated carbocycles. The van der Waals surface area contributed by atoms with Crippen LogP contribution in [0.3, 0.4) is 0 Å². The van der Waals surface area contributed by atoms with Crippen LogP contribution in [0.4, 0.5) is 5.69 Å². The predicted octanol–water partition coefficient (Wildman–Crippen LogP) is 2.76. The minimum absolute atomic E-state index is 0.0847. The number of ether oxygens (including phenoxy) is 1. The van der Waals surface area contributed by atoms with Crippen molar-refractivity contribution in [2.45, 2.75) is 6.54 Å². The number of nitro benzene ring substituents is 1. The van der Waals surface area contributed by atoms with Gasteiger partial charge < -0.3 is 10.1 Å². The molecule has 0 unspecified atom stereocenters. The Hall–Kier alpha value is -2.93. The lowest BCUT2D eigenvalue weighted by Gasteiger charge is -2.09. The summed E-state index contributed by atoms with van der Waals surface area (Å²) in [4.78, 5) is 32.8. The number of carbonyl (C=O) groups is 2. The summed E-state index contributed by atoms with van der Waals surface area (Å²) in [7, 11) is 0. The largest absolute Gasteiger partial charge is 0.477 e. The molecule has 24 heavy (non-hydrogen) atoms. The molecular formula is C16H13ClN2O5. The first-order valence-corrected chi connectivity index (χ1v) is 7.25. The highest BCUT2D eigenvalue weighted by Gasteiger charge is 2.17. The molecule has 0 aromatic heterocycles. The SMILES string of the molecule is O=Cc1ccc(OCC(=O)NCc2ccccc2Cl)c([N+](=O)[O-])c1. The quantitative estimate of drug-likeness (QED) is 0.471. The number of carbonyl (C=O) groups excluding carboxylic acids is 2. The van der Waals surface area contributed by atoms with Gasteiger partial charge in [-0.25, -0.2) is 0 Å². The van der Waals surface area contributed by atoms with Crippen molar-refractivity contribution in [3.63, 3.8) is 0 Å². The number of aldehydes is 1. The number of amides is 1. The molecule has 124 valence electrons. The van der Waals surface area contributed by atoms with E-state index in [4.69, 9.17) is 16.3 Å². The van der Waals surface area contributed by atoms with Gasteiger partial charge in [-0.15, -0.1) is 0 Å². The van der Waals surface area contributed by atoms with E-state index in [1.165, 1.54) is 12.1 Å².